The Morgan fingerprint density at radius 1 is 1.17 bits per heavy atom. The lowest BCUT2D eigenvalue weighted by Gasteiger charge is -2.33. The van der Waals surface area contributed by atoms with Gasteiger partial charge in [-0.25, -0.2) is 4.98 Å². The maximum absolute atomic E-state index is 6.01. The second-order valence-electron chi connectivity index (χ2n) is 7.24. The molecule has 6 nitrogen and oxygen atoms in total. The molecule has 1 aromatic rings. The molecule has 2 aliphatic carbocycles. The van der Waals surface area contributed by atoms with Gasteiger partial charge in [-0.3, -0.25) is 4.99 Å². The maximum atomic E-state index is 6.01. The molecule has 2 fully saturated rings. The van der Waals surface area contributed by atoms with Crippen LogP contribution in [0.3, 0.4) is 0 Å². The molecule has 1 aliphatic heterocycles. The van der Waals surface area contributed by atoms with E-state index in [9.17, 15) is 0 Å². The maximum Gasteiger partial charge on any atom is 0.227 e. The van der Waals surface area contributed by atoms with Crippen LogP contribution >= 0.6 is 0 Å². The summed E-state index contributed by atoms with van der Waals surface area (Å²) >= 11 is 0. The third-order valence-electron chi connectivity index (χ3n) is 5.36. The van der Waals surface area contributed by atoms with Crippen LogP contribution in [-0.4, -0.2) is 41.5 Å². The highest BCUT2D eigenvalue weighted by Gasteiger charge is 2.28. The average Bonchev–Trinajstić information content (AvgIpc) is 3.35. The Kier molecular flexibility index (Phi) is 4.22. The number of aliphatic imine (C=N–C) groups is 1. The van der Waals surface area contributed by atoms with E-state index >= 15 is 0 Å². The predicted molar refractivity (Wildman–Crippen MR) is 97.4 cm³/mol. The van der Waals surface area contributed by atoms with Gasteiger partial charge in [-0.15, -0.1) is 0 Å². The molecule has 0 spiro atoms. The number of nitrogens with two attached hydrogens (primary N) is 1. The van der Waals surface area contributed by atoms with E-state index in [1.807, 2.05) is 12.3 Å². The minimum Gasteiger partial charge on any atom is -0.341 e. The fourth-order valence-corrected chi connectivity index (χ4v) is 3.59. The Bertz CT molecular complexity index is 655. The van der Waals surface area contributed by atoms with Crippen LogP contribution in [0.25, 0.3) is 0 Å². The first-order valence-electron chi connectivity index (χ1n) is 9.02. The van der Waals surface area contributed by atoms with Crippen molar-refractivity contribution < 1.29 is 0 Å². The highest BCUT2D eigenvalue weighted by molar-refractivity contribution is 6.05. The molecule has 24 heavy (non-hydrogen) atoms. The zero-order chi connectivity index (χ0) is 16.5. The van der Waals surface area contributed by atoms with Gasteiger partial charge in [-0.2, -0.15) is 4.98 Å². The molecule has 2 heterocycles. The number of nitrogens with one attached hydrogen (secondary N) is 1. The van der Waals surface area contributed by atoms with E-state index in [-0.39, 0.29) is 0 Å². The summed E-state index contributed by atoms with van der Waals surface area (Å²) in [5, 5.41) is 3.33. The van der Waals surface area contributed by atoms with Gasteiger partial charge >= 0.3 is 0 Å². The predicted octanol–water partition coefficient (Wildman–Crippen LogP) is 2.34. The standard InChI is InChI=1S/C18H26N6/c1-24(15-6-4-14(19)5-7-15)18-20-9-8-16(23-18)22-17-10-13(11-21-17)12-2-3-12/h8-10,12,14-15H,2-7,11,19H2,1H3,(H,20,21,22,23). The lowest BCUT2D eigenvalue weighted by Crippen LogP contribution is -2.39. The summed E-state index contributed by atoms with van der Waals surface area (Å²) in [5.74, 6) is 3.28. The fraction of sp³-hybridized carbons (Fsp3) is 0.611. The summed E-state index contributed by atoms with van der Waals surface area (Å²) < 4.78 is 0. The van der Waals surface area contributed by atoms with Crippen molar-refractivity contribution >= 4 is 17.6 Å². The number of nitrogens with zero attached hydrogens (tertiary/aromatic N) is 4. The third-order valence-corrected chi connectivity index (χ3v) is 5.36. The van der Waals surface area contributed by atoms with Crippen molar-refractivity contribution in [3.63, 3.8) is 0 Å². The van der Waals surface area contributed by atoms with Crippen LogP contribution in [0.4, 0.5) is 11.8 Å². The first kappa shape index (κ1) is 15.6. The average molecular weight is 326 g/mol. The van der Waals surface area contributed by atoms with E-state index in [0.29, 0.717) is 12.1 Å². The second kappa shape index (κ2) is 6.51. The Morgan fingerprint density at radius 3 is 2.71 bits per heavy atom. The number of hydrogen-bond acceptors (Lipinski definition) is 6. The summed E-state index contributed by atoms with van der Waals surface area (Å²) in [4.78, 5) is 15.9. The molecule has 6 heteroatoms. The molecule has 1 aromatic heterocycles. The zero-order valence-corrected chi connectivity index (χ0v) is 14.3. The van der Waals surface area contributed by atoms with E-state index in [4.69, 9.17) is 5.73 Å². The van der Waals surface area contributed by atoms with Gasteiger partial charge in [-0.05, 0) is 62.2 Å². The van der Waals surface area contributed by atoms with Crippen LogP contribution in [-0.2, 0) is 0 Å². The molecule has 0 atom stereocenters. The summed E-state index contributed by atoms with van der Waals surface area (Å²) in [6, 6.07) is 2.74. The SMILES string of the molecule is CN(c1nccc(NC2=NCC(C3CC3)=C2)n1)C1CCC(N)CC1. The number of rotatable bonds is 4. The smallest absolute Gasteiger partial charge is 0.227 e. The van der Waals surface area contributed by atoms with Crippen LogP contribution in [0.2, 0.25) is 0 Å². The van der Waals surface area contributed by atoms with E-state index in [1.165, 1.54) is 18.4 Å². The lowest BCUT2D eigenvalue weighted by molar-refractivity contribution is 0.382. The molecule has 0 bridgehead atoms. The Labute approximate surface area is 143 Å². The molecule has 0 radical (unpaired) electrons. The van der Waals surface area contributed by atoms with Gasteiger partial charge in [0.25, 0.3) is 0 Å². The largest absolute Gasteiger partial charge is 0.341 e. The van der Waals surface area contributed by atoms with Gasteiger partial charge in [0.15, 0.2) is 0 Å². The van der Waals surface area contributed by atoms with E-state index in [1.54, 1.807) is 0 Å². The minimum atomic E-state index is 0.358. The Hall–Kier alpha value is -1.95. The number of amidine groups is 1. The van der Waals surface area contributed by atoms with Crippen molar-refractivity contribution in [1.29, 1.82) is 0 Å². The van der Waals surface area contributed by atoms with Crippen molar-refractivity contribution in [2.45, 2.75) is 50.6 Å². The van der Waals surface area contributed by atoms with Crippen molar-refractivity contribution in [2.24, 2.45) is 16.6 Å². The second-order valence-corrected chi connectivity index (χ2v) is 7.24. The molecule has 0 saturated heterocycles. The first-order chi connectivity index (χ1) is 11.7. The molecule has 3 N–H and O–H groups in total. The van der Waals surface area contributed by atoms with Crippen LogP contribution in [0, 0.1) is 5.92 Å². The van der Waals surface area contributed by atoms with Crippen molar-refractivity contribution in [3.05, 3.63) is 23.9 Å². The van der Waals surface area contributed by atoms with Crippen LogP contribution in [0.1, 0.15) is 38.5 Å². The minimum absolute atomic E-state index is 0.358. The summed E-state index contributed by atoms with van der Waals surface area (Å²) in [7, 11) is 2.08. The molecule has 4 rings (SSSR count). The molecule has 0 amide bonds. The van der Waals surface area contributed by atoms with Gasteiger partial charge < -0.3 is 16.0 Å². The summed E-state index contributed by atoms with van der Waals surface area (Å²) in [5.41, 5.74) is 7.47. The Balaban J connectivity index is 1.42. The molecule has 3 aliphatic rings. The number of hydrogen-bond donors (Lipinski definition) is 2. The molecule has 0 aromatic carbocycles. The quantitative estimate of drug-likeness (QED) is 0.888. The van der Waals surface area contributed by atoms with Crippen LogP contribution < -0.4 is 16.0 Å². The fourth-order valence-electron chi connectivity index (χ4n) is 3.59. The third kappa shape index (κ3) is 3.43. The number of aromatic nitrogens is 2. The van der Waals surface area contributed by atoms with E-state index < -0.39 is 0 Å². The monoisotopic (exact) mass is 326 g/mol. The highest BCUT2D eigenvalue weighted by Crippen LogP contribution is 2.37. The van der Waals surface area contributed by atoms with E-state index in [0.717, 1.165) is 55.7 Å². The normalized spacial score (nSPS) is 26.8. The first-order valence-corrected chi connectivity index (χ1v) is 9.02. The topological polar surface area (TPSA) is 79.4 Å². The van der Waals surface area contributed by atoms with Crippen molar-refractivity contribution in [1.82, 2.24) is 9.97 Å². The lowest BCUT2D eigenvalue weighted by atomic mass is 9.91. The van der Waals surface area contributed by atoms with Gasteiger partial charge in [0.1, 0.15) is 11.7 Å². The summed E-state index contributed by atoms with van der Waals surface area (Å²) in [6.07, 6.45) is 11.0. The molecule has 0 unspecified atom stereocenters. The molecular formula is C18H26N6. The Morgan fingerprint density at radius 2 is 1.96 bits per heavy atom. The summed E-state index contributed by atoms with van der Waals surface area (Å²) in [6.45, 7) is 0.840. The van der Waals surface area contributed by atoms with Crippen LogP contribution in [0.15, 0.2) is 28.9 Å². The van der Waals surface area contributed by atoms with Gasteiger partial charge in [0, 0.05) is 25.3 Å². The van der Waals surface area contributed by atoms with Crippen LogP contribution in [0.5, 0.6) is 0 Å². The van der Waals surface area contributed by atoms with Gasteiger partial charge in [0.05, 0.1) is 6.54 Å². The number of anilines is 2. The van der Waals surface area contributed by atoms with Gasteiger partial charge in [-0.1, -0.05) is 0 Å². The highest BCUT2D eigenvalue weighted by atomic mass is 15.3. The van der Waals surface area contributed by atoms with Crippen molar-refractivity contribution in [2.75, 3.05) is 23.8 Å². The molecular weight excluding hydrogens is 300 g/mol. The van der Waals surface area contributed by atoms with Gasteiger partial charge in [0.2, 0.25) is 5.95 Å². The van der Waals surface area contributed by atoms with Crippen molar-refractivity contribution in [3.8, 4) is 0 Å². The van der Waals surface area contributed by atoms with E-state index in [2.05, 4.69) is 38.3 Å². The zero-order valence-electron chi connectivity index (χ0n) is 14.3. The molecule has 128 valence electrons. The molecule has 2 saturated carbocycles.